The molecule has 0 aromatic heterocycles. The molecule has 1 aliphatic heterocycles. The van der Waals surface area contributed by atoms with Crippen molar-refractivity contribution in [3.8, 4) is 0 Å². The number of rotatable bonds is 2. The second-order valence-corrected chi connectivity index (χ2v) is 7.13. The van der Waals surface area contributed by atoms with Gasteiger partial charge in [-0.15, -0.1) is 0 Å². The second-order valence-electron chi connectivity index (χ2n) is 4.28. The summed E-state index contributed by atoms with van der Waals surface area (Å²) in [7, 11) is -3.09. The minimum atomic E-state index is -3.09. The summed E-state index contributed by atoms with van der Waals surface area (Å²) in [5.41, 5.74) is 0.931. The molecule has 0 saturated carbocycles. The Hall–Kier alpha value is -0.490. The van der Waals surface area contributed by atoms with E-state index in [0.29, 0.717) is 36.2 Å². The summed E-state index contributed by atoms with van der Waals surface area (Å²) in [6.07, 6.45) is 1.24. The molecule has 0 atom stereocenters. The van der Waals surface area contributed by atoms with E-state index in [9.17, 15) is 8.42 Å². The Balaban J connectivity index is 2.10. The molecule has 1 aliphatic rings. The molecule has 2 rings (SSSR count). The predicted molar refractivity (Wildman–Crippen MR) is 75.1 cm³/mol. The van der Waals surface area contributed by atoms with Crippen molar-refractivity contribution in [2.24, 2.45) is 0 Å². The first-order chi connectivity index (χ1) is 8.36. The van der Waals surface area contributed by atoms with E-state index in [-0.39, 0.29) is 0 Å². The molecule has 0 bridgehead atoms. The van der Waals surface area contributed by atoms with Gasteiger partial charge in [0.1, 0.15) is 0 Å². The van der Waals surface area contributed by atoms with Gasteiger partial charge in [-0.1, -0.05) is 23.2 Å². The SMILES string of the molecule is CS(=O)(=O)N1CCN(c2cc(Cl)cc(Cl)c2)CC1. The zero-order chi connectivity index (χ0) is 13.3. The van der Waals surface area contributed by atoms with Crippen molar-refractivity contribution in [2.75, 3.05) is 37.3 Å². The first-order valence-electron chi connectivity index (χ1n) is 5.52. The zero-order valence-corrected chi connectivity index (χ0v) is 12.3. The molecule has 7 heteroatoms. The Labute approximate surface area is 117 Å². The number of sulfonamides is 1. The summed E-state index contributed by atoms with van der Waals surface area (Å²) in [4.78, 5) is 2.08. The molecule has 0 amide bonds. The molecule has 0 N–H and O–H groups in total. The highest BCUT2D eigenvalue weighted by atomic mass is 35.5. The van der Waals surface area contributed by atoms with Crippen LogP contribution in [0.5, 0.6) is 0 Å². The number of nitrogens with zero attached hydrogens (tertiary/aromatic N) is 2. The van der Waals surface area contributed by atoms with E-state index in [1.807, 2.05) is 12.1 Å². The fraction of sp³-hybridized carbons (Fsp3) is 0.455. The van der Waals surface area contributed by atoms with E-state index in [4.69, 9.17) is 23.2 Å². The monoisotopic (exact) mass is 308 g/mol. The molecule has 1 saturated heterocycles. The van der Waals surface area contributed by atoms with E-state index in [0.717, 1.165) is 5.69 Å². The van der Waals surface area contributed by atoms with Crippen molar-refractivity contribution in [2.45, 2.75) is 0 Å². The van der Waals surface area contributed by atoms with Crippen LogP contribution in [0.25, 0.3) is 0 Å². The Morgan fingerprint density at radius 2 is 1.50 bits per heavy atom. The molecule has 0 spiro atoms. The van der Waals surface area contributed by atoms with E-state index in [1.165, 1.54) is 10.6 Å². The first-order valence-corrected chi connectivity index (χ1v) is 8.13. The number of hydrogen-bond acceptors (Lipinski definition) is 3. The summed E-state index contributed by atoms with van der Waals surface area (Å²) in [5.74, 6) is 0. The average molecular weight is 309 g/mol. The van der Waals surface area contributed by atoms with Crippen LogP contribution in [0.4, 0.5) is 5.69 Å². The van der Waals surface area contributed by atoms with Crippen LogP contribution in [0, 0.1) is 0 Å². The van der Waals surface area contributed by atoms with Gasteiger partial charge in [0.25, 0.3) is 0 Å². The molecular weight excluding hydrogens is 295 g/mol. The lowest BCUT2D eigenvalue weighted by Crippen LogP contribution is -2.48. The average Bonchev–Trinajstić information content (AvgIpc) is 2.27. The van der Waals surface area contributed by atoms with Crippen LogP contribution < -0.4 is 4.90 Å². The van der Waals surface area contributed by atoms with Gasteiger partial charge in [-0.2, -0.15) is 4.31 Å². The van der Waals surface area contributed by atoms with Gasteiger partial charge in [0.15, 0.2) is 0 Å². The minimum absolute atomic E-state index is 0.489. The van der Waals surface area contributed by atoms with Gasteiger partial charge < -0.3 is 4.90 Å². The highest BCUT2D eigenvalue weighted by Gasteiger charge is 2.23. The molecule has 100 valence electrons. The van der Waals surface area contributed by atoms with Gasteiger partial charge in [-0.05, 0) is 18.2 Å². The van der Waals surface area contributed by atoms with E-state index in [1.54, 1.807) is 6.07 Å². The van der Waals surface area contributed by atoms with Crippen LogP contribution in [0.2, 0.25) is 10.0 Å². The topological polar surface area (TPSA) is 40.6 Å². The Kier molecular flexibility index (Phi) is 4.06. The molecule has 18 heavy (non-hydrogen) atoms. The third kappa shape index (κ3) is 3.29. The highest BCUT2D eigenvalue weighted by molar-refractivity contribution is 7.88. The summed E-state index contributed by atoms with van der Waals surface area (Å²) in [6.45, 7) is 2.26. The van der Waals surface area contributed by atoms with E-state index >= 15 is 0 Å². The fourth-order valence-corrected chi connectivity index (χ4v) is 3.34. The van der Waals surface area contributed by atoms with Crippen molar-refractivity contribution in [3.05, 3.63) is 28.2 Å². The van der Waals surface area contributed by atoms with Crippen molar-refractivity contribution in [1.82, 2.24) is 4.31 Å². The fourth-order valence-electron chi connectivity index (χ4n) is 2.00. The molecular formula is C11H14Cl2N2O2S. The maximum Gasteiger partial charge on any atom is 0.211 e. The minimum Gasteiger partial charge on any atom is -0.369 e. The molecule has 1 aromatic carbocycles. The quantitative estimate of drug-likeness (QED) is 0.840. The standard InChI is InChI=1S/C11H14Cl2N2O2S/c1-18(16,17)15-4-2-14(3-5-15)11-7-9(12)6-10(13)8-11/h6-8H,2-5H2,1H3. The molecule has 4 nitrogen and oxygen atoms in total. The van der Waals surface area contributed by atoms with E-state index in [2.05, 4.69) is 4.90 Å². The largest absolute Gasteiger partial charge is 0.369 e. The number of benzene rings is 1. The number of piperazine rings is 1. The lowest BCUT2D eigenvalue weighted by Gasteiger charge is -2.34. The molecule has 1 aromatic rings. The first kappa shape index (κ1) is 13.9. The van der Waals surface area contributed by atoms with Crippen molar-refractivity contribution in [3.63, 3.8) is 0 Å². The third-order valence-electron chi connectivity index (χ3n) is 2.92. The van der Waals surface area contributed by atoms with Crippen molar-refractivity contribution in [1.29, 1.82) is 0 Å². The molecule has 0 aliphatic carbocycles. The van der Waals surface area contributed by atoms with Gasteiger partial charge in [-0.3, -0.25) is 0 Å². The molecule has 0 radical (unpaired) electrons. The molecule has 1 heterocycles. The van der Waals surface area contributed by atoms with Crippen LogP contribution in [-0.4, -0.2) is 45.2 Å². The Morgan fingerprint density at radius 1 is 1.00 bits per heavy atom. The van der Waals surface area contributed by atoms with E-state index < -0.39 is 10.0 Å². The zero-order valence-electron chi connectivity index (χ0n) is 9.94. The summed E-state index contributed by atoms with van der Waals surface area (Å²) < 4.78 is 24.3. The van der Waals surface area contributed by atoms with Gasteiger partial charge in [0, 0.05) is 41.9 Å². The molecule has 1 fully saturated rings. The maximum absolute atomic E-state index is 11.4. The van der Waals surface area contributed by atoms with Gasteiger partial charge in [0.05, 0.1) is 6.26 Å². The Morgan fingerprint density at radius 3 is 1.94 bits per heavy atom. The highest BCUT2D eigenvalue weighted by Crippen LogP contribution is 2.26. The summed E-state index contributed by atoms with van der Waals surface area (Å²) >= 11 is 11.9. The van der Waals surface area contributed by atoms with Gasteiger partial charge in [-0.25, -0.2) is 8.42 Å². The van der Waals surface area contributed by atoms with Crippen molar-refractivity contribution >= 4 is 38.9 Å². The van der Waals surface area contributed by atoms with Gasteiger partial charge in [0.2, 0.25) is 10.0 Å². The number of hydrogen-bond donors (Lipinski definition) is 0. The van der Waals surface area contributed by atoms with Gasteiger partial charge >= 0.3 is 0 Å². The molecule has 0 unspecified atom stereocenters. The van der Waals surface area contributed by atoms with Crippen LogP contribution in [0.3, 0.4) is 0 Å². The maximum atomic E-state index is 11.4. The lowest BCUT2D eigenvalue weighted by molar-refractivity contribution is 0.388. The van der Waals surface area contributed by atoms with Crippen LogP contribution in [-0.2, 0) is 10.0 Å². The summed E-state index contributed by atoms with van der Waals surface area (Å²) in [5, 5.41) is 1.17. The number of halogens is 2. The smallest absolute Gasteiger partial charge is 0.211 e. The third-order valence-corrected chi connectivity index (χ3v) is 4.66. The summed E-state index contributed by atoms with van der Waals surface area (Å²) in [6, 6.07) is 5.35. The van der Waals surface area contributed by atoms with Crippen LogP contribution in [0.1, 0.15) is 0 Å². The lowest BCUT2D eigenvalue weighted by atomic mass is 10.2. The van der Waals surface area contributed by atoms with Crippen LogP contribution in [0.15, 0.2) is 18.2 Å². The Bertz CT molecular complexity index is 520. The van der Waals surface area contributed by atoms with Crippen LogP contribution >= 0.6 is 23.2 Å². The predicted octanol–water partition coefficient (Wildman–Crippen LogP) is 2.07. The normalized spacial score (nSPS) is 18.1. The number of anilines is 1. The van der Waals surface area contributed by atoms with Crippen molar-refractivity contribution < 1.29 is 8.42 Å². The second kappa shape index (κ2) is 5.25.